The van der Waals surface area contributed by atoms with E-state index in [0.717, 1.165) is 41.4 Å². The fraction of sp³-hybridized carbons (Fsp3) is 0.240. The van der Waals surface area contributed by atoms with Crippen molar-refractivity contribution in [2.24, 2.45) is 0 Å². The summed E-state index contributed by atoms with van der Waals surface area (Å²) >= 11 is 6.94. The molecule has 2 aliphatic rings. The Morgan fingerprint density at radius 1 is 0.969 bits per heavy atom. The zero-order valence-electron chi connectivity index (χ0n) is 17.5. The van der Waals surface area contributed by atoms with Crippen molar-refractivity contribution in [3.8, 4) is 34.4 Å². The molecule has 1 fully saturated rings. The Morgan fingerprint density at radius 3 is 2.56 bits per heavy atom. The maximum absolute atomic E-state index is 9.11. The Morgan fingerprint density at radius 2 is 1.78 bits per heavy atom. The van der Waals surface area contributed by atoms with E-state index in [1.165, 1.54) is 30.5 Å². The highest BCUT2D eigenvalue weighted by atomic mass is 35.5. The molecule has 0 N–H and O–H groups in total. The number of hydrogen-bond donors (Lipinski definition) is 0. The largest absolute Gasteiger partial charge is 0.372 e. The smallest absolute Gasteiger partial charge is 0.185 e. The lowest BCUT2D eigenvalue weighted by Gasteiger charge is -2.29. The average Bonchev–Trinajstić information content (AvgIpc) is 3.42. The number of aromatic nitrogens is 4. The maximum atomic E-state index is 9.11. The zero-order chi connectivity index (χ0) is 21.7. The summed E-state index contributed by atoms with van der Waals surface area (Å²) in [4.78, 5) is 2.47. The highest BCUT2D eigenvalue weighted by Crippen LogP contribution is 2.40. The molecule has 0 amide bonds. The van der Waals surface area contributed by atoms with Gasteiger partial charge in [-0.05, 0) is 66.8 Å². The van der Waals surface area contributed by atoms with E-state index in [0.29, 0.717) is 17.3 Å². The Kier molecular flexibility index (Phi) is 4.51. The number of nitriles is 1. The first-order valence-electron chi connectivity index (χ1n) is 10.9. The predicted octanol–water partition coefficient (Wildman–Crippen LogP) is 5.28. The Labute approximate surface area is 191 Å². The Hall–Kier alpha value is -3.56. The van der Waals surface area contributed by atoms with Gasteiger partial charge in [-0.1, -0.05) is 23.7 Å². The molecule has 7 heteroatoms. The molecule has 0 atom stereocenters. The van der Waals surface area contributed by atoms with Crippen molar-refractivity contribution in [3.63, 3.8) is 0 Å². The molecular weight excluding hydrogens is 420 g/mol. The number of anilines is 1. The second kappa shape index (κ2) is 7.54. The van der Waals surface area contributed by atoms with Gasteiger partial charge < -0.3 is 9.47 Å². The average molecular weight is 441 g/mol. The minimum Gasteiger partial charge on any atom is -0.372 e. The first kappa shape index (κ1) is 19.1. The monoisotopic (exact) mass is 440 g/mol. The number of rotatable bonds is 2. The van der Waals surface area contributed by atoms with Crippen molar-refractivity contribution < 1.29 is 0 Å². The number of benzene rings is 2. The fourth-order valence-electron chi connectivity index (χ4n) is 4.83. The van der Waals surface area contributed by atoms with Crippen LogP contribution in [-0.4, -0.2) is 32.4 Å². The van der Waals surface area contributed by atoms with E-state index in [4.69, 9.17) is 16.9 Å². The summed E-state index contributed by atoms with van der Waals surface area (Å²) in [6, 6.07) is 18.4. The zero-order valence-corrected chi connectivity index (χ0v) is 18.3. The van der Waals surface area contributed by atoms with Gasteiger partial charge in [0.1, 0.15) is 11.5 Å². The van der Waals surface area contributed by atoms with Crippen LogP contribution in [0.2, 0.25) is 5.15 Å². The van der Waals surface area contributed by atoms with Gasteiger partial charge in [-0.3, -0.25) is 4.57 Å². The summed E-state index contributed by atoms with van der Waals surface area (Å²) in [6.45, 7) is 2.87. The van der Waals surface area contributed by atoms with Gasteiger partial charge in [0.25, 0.3) is 0 Å². The van der Waals surface area contributed by atoms with Crippen molar-refractivity contribution in [3.05, 3.63) is 71.1 Å². The van der Waals surface area contributed by atoms with E-state index < -0.39 is 0 Å². The SMILES string of the molecule is N#Cc1ccc(-c2cc3n(c2Cl)Cc2cc(N4CCCCC4)ccc2-n2cnnc2-3)cc1. The molecule has 158 valence electrons. The van der Waals surface area contributed by atoms with Gasteiger partial charge in [-0.25, -0.2) is 0 Å². The molecule has 1 saturated heterocycles. The van der Waals surface area contributed by atoms with Crippen molar-refractivity contribution in [1.29, 1.82) is 5.26 Å². The molecule has 6 nitrogen and oxygen atoms in total. The number of fused-ring (bicyclic) bond motifs is 5. The summed E-state index contributed by atoms with van der Waals surface area (Å²) in [5, 5.41) is 18.4. The summed E-state index contributed by atoms with van der Waals surface area (Å²) < 4.78 is 4.16. The van der Waals surface area contributed by atoms with Crippen molar-refractivity contribution in [1.82, 2.24) is 19.3 Å². The third-order valence-corrected chi connectivity index (χ3v) is 6.91. The van der Waals surface area contributed by atoms with Gasteiger partial charge >= 0.3 is 0 Å². The summed E-state index contributed by atoms with van der Waals surface area (Å²) in [7, 11) is 0. The van der Waals surface area contributed by atoms with Crippen molar-refractivity contribution >= 4 is 17.3 Å². The molecular formula is C25H21ClN6. The van der Waals surface area contributed by atoms with Gasteiger partial charge in [0.2, 0.25) is 0 Å². The number of hydrogen-bond acceptors (Lipinski definition) is 4. The third kappa shape index (κ3) is 3.01. The van der Waals surface area contributed by atoms with Gasteiger partial charge in [0.05, 0.1) is 29.6 Å². The van der Waals surface area contributed by atoms with Crippen LogP contribution in [0.1, 0.15) is 30.4 Å². The molecule has 0 aliphatic carbocycles. The van der Waals surface area contributed by atoms with Crippen molar-refractivity contribution in [2.75, 3.05) is 18.0 Å². The highest BCUT2D eigenvalue weighted by molar-refractivity contribution is 6.32. The molecule has 2 aliphatic heterocycles. The quantitative estimate of drug-likeness (QED) is 0.374. The van der Waals surface area contributed by atoms with Crippen LogP contribution in [-0.2, 0) is 6.54 Å². The van der Waals surface area contributed by atoms with Crippen LogP contribution in [0, 0.1) is 11.3 Å². The third-order valence-electron chi connectivity index (χ3n) is 6.51. The first-order chi connectivity index (χ1) is 15.7. The number of nitrogens with zero attached hydrogens (tertiary/aromatic N) is 6. The summed E-state index contributed by atoms with van der Waals surface area (Å²) in [6.07, 6.45) is 5.57. The molecule has 0 spiro atoms. The Bertz CT molecular complexity index is 1350. The van der Waals surface area contributed by atoms with Gasteiger partial charge in [0, 0.05) is 24.3 Å². The van der Waals surface area contributed by atoms with Crippen LogP contribution < -0.4 is 4.90 Å². The second-order valence-corrected chi connectivity index (χ2v) is 8.75. The van der Waals surface area contributed by atoms with Gasteiger partial charge in [-0.15, -0.1) is 10.2 Å². The molecule has 6 rings (SSSR count). The van der Waals surface area contributed by atoms with Crippen LogP contribution in [0.3, 0.4) is 0 Å². The Balaban J connectivity index is 1.48. The van der Waals surface area contributed by atoms with Crippen LogP contribution in [0.25, 0.3) is 28.3 Å². The van der Waals surface area contributed by atoms with E-state index >= 15 is 0 Å². The van der Waals surface area contributed by atoms with Crippen LogP contribution in [0.15, 0.2) is 54.9 Å². The summed E-state index contributed by atoms with van der Waals surface area (Å²) in [5.41, 5.74) is 7.01. The normalized spacial score (nSPS) is 14.8. The topological polar surface area (TPSA) is 62.7 Å². The molecule has 4 heterocycles. The second-order valence-electron chi connectivity index (χ2n) is 8.39. The lowest BCUT2D eigenvalue weighted by Crippen LogP contribution is -2.29. The first-order valence-corrected chi connectivity index (χ1v) is 11.3. The maximum Gasteiger partial charge on any atom is 0.185 e. The van der Waals surface area contributed by atoms with Gasteiger partial charge in [0.15, 0.2) is 5.82 Å². The minimum atomic E-state index is 0.629. The highest BCUT2D eigenvalue weighted by Gasteiger charge is 2.26. The molecule has 2 aromatic heterocycles. The van der Waals surface area contributed by atoms with Crippen LogP contribution >= 0.6 is 11.6 Å². The van der Waals surface area contributed by atoms with E-state index in [1.54, 1.807) is 6.33 Å². The van der Waals surface area contributed by atoms with Crippen molar-refractivity contribution in [2.45, 2.75) is 25.8 Å². The lowest BCUT2D eigenvalue weighted by molar-refractivity contribution is 0.577. The van der Waals surface area contributed by atoms with E-state index in [2.05, 4.69) is 50.0 Å². The molecule has 0 radical (unpaired) electrons. The number of halogens is 1. The van der Waals surface area contributed by atoms with E-state index in [1.807, 2.05) is 28.8 Å². The predicted molar refractivity (Wildman–Crippen MR) is 125 cm³/mol. The molecule has 2 aromatic carbocycles. The molecule has 4 aromatic rings. The minimum absolute atomic E-state index is 0.629. The molecule has 0 bridgehead atoms. The molecule has 32 heavy (non-hydrogen) atoms. The lowest BCUT2D eigenvalue weighted by atomic mass is 10.1. The fourth-order valence-corrected chi connectivity index (χ4v) is 5.15. The van der Waals surface area contributed by atoms with Crippen LogP contribution in [0.5, 0.6) is 0 Å². The summed E-state index contributed by atoms with van der Waals surface area (Å²) in [5.74, 6) is 0.774. The van der Waals surface area contributed by atoms with E-state index in [-0.39, 0.29) is 0 Å². The number of piperidine rings is 1. The standard InChI is InChI=1S/C25H21ClN6/c26-24-21(18-6-4-17(14-27)5-7-18)13-23-25-29-28-16-32(25)22-9-8-20(12-19(22)15-31(23)24)30-10-2-1-3-11-30/h4-9,12-13,16H,1-3,10-11,15H2. The van der Waals surface area contributed by atoms with Gasteiger partial charge in [-0.2, -0.15) is 5.26 Å². The molecule has 0 unspecified atom stereocenters. The van der Waals surface area contributed by atoms with Crippen LogP contribution in [0.4, 0.5) is 5.69 Å². The molecule has 0 saturated carbocycles. The van der Waals surface area contributed by atoms with E-state index in [9.17, 15) is 0 Å².